The molecule has 310 valence electrons. The number of fused-ring (bicyclic) bond motifs is 17. The van der Waals surface area contributed by atoms with E-state index in [9.17, 15) is 0 Å². The molecule has 10 aromatic carbocycles. The summed E-state index contributed by atoms with van der Waals surface area (Å²) in [5.41, 5.74) is 24.9. The topological polar surface area (TPSA) is 16.4 Å². The quantitative estimate of drug-likeness (QED) is 0.172. The third-order valence-electron chi connectivity index (χ3n) is 15.1. The summed E-state index contributed by atoms with van der Waals surface area (Å²) >= 11 is 0. The van der Waals surface area contributed by atoms with Crippen molar-refractivity contribution < 1.29 is 4.42 Å². The number of anilines is 3. The molecule has 14 rings (SSSR count). The Morgan fingerprint density at radius 2 is 0.848 bits per heavy atom. The van der Waals surface area contributed by atoms with Crippen molar-refractivity contribution in [3.8, 4) is 55.6 Å². The number of furan rings is 1. The molecule has 0 N–H and O–H groups in total. The highest BCUT2D eigenvalue weighted by Crippen LogP contribution is 2.66. The molecule has 0 radical (unpaired) electrons. The predicted octanol–water partition coefficient (Wildman–Crippen LogP) is 17.0. The number of benzene rings is 10. The van der Waals surface area contributed by atoms with E-state index in [-0.39, 0.29) is 5.41 Å². The highest BCUT2D eigenvalue weighted by atomic mass is 16.3. The van der Waals surface area contributed by atoms with Gasteiger partial charge in [0.2, 0.25) is 0 Å². The molecular weight excluding hydrogens is 799 g/mol. The third kappa shape index (κ3) is 4.91. The minimum absolute atomic E-state index is 0.111. The molecule has 0 aliphatic heterocycles. The lowest BCUT2D eigenvalue weighted by atomic mass is 9.70. The van der Waals surface area contributed by atoms with Crippen molar-refractivity contribution in [2.75, 3.05) is 4.90 Å². The molecule has 0 fully saturated rings. The molecule has 0 amide bonds. The van der Waals surface area contributed by atoms with E-state index in [4.69, 9.17) is 4.42 Å². The first-order valence-electron chi connectivity index (χ1n) is 23.1. The van der Waals surface area contributed by atoms with Gasteiger partial charge in [0.15, 0.2) is 5.58 Å². The van der Waals surface area contributed by atoms with Gasteiger partial charge in [0, 0.05) is 33.1 Å². The van der Waals surface area contributed by atoms with Gasteiger partial charge < -0.3 is 9.32 Å². The summed E-state index contributed by atoms with van der Waals surface area (Å²) in [6.07, 6.45) is 0. The number of hydrogen-bond acceptors (Lipinski definition) is 2. The van der Waals surface area contributed by atoms with Gasteiger partial charge >= 0.3 is 0 Å². The summed E-state index contributed by atoms with van der Waals surface area (Å²) in [4.78, 5) is 2.42. The maximum atomic E-state index is 7.16. The molecule has 1 spiro atoms. The first-order valence-corrected chi connectivity index (χ1v) is 23.1. The molecule has 0 saturated carbocycles. The molecule has 3 aliphatic rings. The van der Waals surface area contributed by atoms with Gasteiger partial charge in [-0.25, -0.2) is 0 Å². The summed E-state index contributed by atoms with van der Waals surface area (Å²) in [6.45, 7) is 4.78. The Labute approximate surface area is 384 Å². The van der Waals surface area contributed by atoms with E-state index in [1.807, 2.05) is 0 Å². The van der Waals surface area contributed by atoms with E-state index >= 15 is 0 Å². The zero-order valence-corrected chi connectivity index (χ0v) is 36.7. The van der Waals surface area contributed by atoms with E-state index in [2.05, 4.69) is 243 Å². The molecule has 1 atom stereocenters. The molecule has 0 saturated heterocycles. The lowest BCUT2D eigenvalue weighted by Crippen LogP contribution is -2.26. The van der Waals surface area contributed by atoms with Crippen LogP contribution in [-0.4, -0.2) is 0 Å². The maximum absolute atomic E-state index is 7.16. The maximum Gasteiger partial charge on any atom is 0.159 e. The largest absolute Gasteiger partial charge is 0.453 e. The molecular formula is C64H43NO. The highest BCUT2D eigenvalue weighted by Gasteiger charge is 2.54. The van der Waals surface area contributed by atoms with Gasteiger partial charge in [-0.3, -0.25) is 0 Å². The average Bonchev–Trinajstić information content (AvgIpc) is 4.07. The second-order valence-corrected chi connectivity index (χ2v) is 18.7. The first kappa shape index (κ1) is 37.2. The predicted molar refractivity (Wildman–Crippen MR) is 273 cm³/mol. The van der Waals surface area contributed by atoms with Gasteiger partial charge in [-0.15, -0.1) is 0 Å². The van der Waals surface area contributed by atoms with Crippen molar-refractivity contribution in [3.05, 3.63) is 258 Å². The van der Waals surface area contributed by atoms with Crippen LogP contribution in [0.4, 0.5) is 17.1 Å². The third-order valence-corrected chi connectivity index (χ3v) is 15.1. The van der Waals surface area contributed by atoms with Crippen molar-refractivity contribution in [2.45, 2.75) is 24.7 Å². The van der Waals surface area contributed by atoms with Crippen molar-refractivity contribution in [2.24, 2.45) is 0 Å². The van der Waals surface area contributed by atoms with Crippen LogP contribution in [0.2, 0.25) is 0 Å². The van der Waals surface area contributed by atoms with Gasteiger partial charge in [0.25, 0.3) is 0 Å². The van der Waals surface area contributed by atoms with E-state index in [0.717, 1.165) is 50.1 Å². The Balaban J connectivity index is 1.04. The van der Waals surface area contributed by atoms with Crippen LogP contribution < -0.4 is 4.90 Å². The molecule has 3 aliphatic carbocycles. The van der Waals surface area contributed by atoms with Gasteiger partial charge in [-0.05, 0) is 114 Å². The van der Waals surface area contributed by atoms with Crippen molar-refractivity contribution in [1.29, 1.82) is 0 Å². The van der Waals surface area contributed by atoms with Gasteiger partial charge in [-0.2, -0.15) is 0 Å². The molecule has 2 nitrogen and oxygen atoms in total. The van der Waals surface area contributed by atoms with E-state index in [0.29, 0.717) is 0 Å². The summed E-state index contributed by atoms with van der Waals surface area (Å²) in [7, 11) is 0. The normalized spacial score (nSPS) is 15.6. The molecule has 66 heavy (non-hydrogen) atoms. The van der Waals surface area contributed by atoms with Crippen LogP contribution in [0.5, 0.6) is 0 Å². The number of rotatable bonds is 5. The molecule has 1 heterocycles. The Hall–Kier alpha value is -8.20. The Morgan fingerprint density at radius 3 is 1.59 bits per heavy atom. The van der Waals surface area contributed by atoms with Crippen LogP contribution in [0.1, 0.15) is 47.2 Å². The summed E-state index contributed by atoms with van der Waals surface area (Å²) < 4.78 is 7.16. The van der Waals surface area contributed by atoms with Crippen LogP contribution in [0.25, 0.3) is 77.6 Å². The van der Waals surface area contributed by atoms with Crippen LogP contribution >= 0.6 is 0 Å². The van der Waals surface area contributed by atoms with E-state index < -0.39 is 5.41 Å². The summed E-state index contributed by atoms with van der Waals surface area (Å²) in [5.74, 6) is 0. The minimum Gasteiger partial charge on any atom is -0.453 e. The number of para-hydroxylation sites is 2. The molecule has 1 unspecified atom stereocenters. The Morgan fingerprint density at radius 1 is 0.333 bits per heavy atom. The zero-order valence-electron chi connectivity index (χ0n) is 36.7. The highest BCUT2D eigenvalue weighted by molar-refractivity contribution is 6.14. The lowest BCUT2D eigenvalue weighted by molar-refractivity contribution is 0.660. The van der Waals surface area contributed by atoms with Crippen LogP contribution in [0.3, 0.4) is 0 Å². The van der Waals surface area contributed by atoms with Crippen LogP contribution in [-0.2, 0) is 10.8 Å². The molecule has 1 aromatic heterocycles. The average molecular weight is 842 g/mol. The van der Waals surface area contributed by atoms with Crippen molar-refractivity contribution in [3.63, 3.8) is 0 Å². The Kier molecular flexibility index (Phi) is 7.70. The van der Waals surface area contributed by atoms with Crippen molar-refractivity contribution in [1.82, 2.24) is 0 Å². The second-order valence-electron chi connectivity index (χ2n) is 18.7. The number of nitrogens with zero attached hydrogens (tertiary/aromatic N) is 1. The lowest BCUT2D eigenvalue weighted by Gasteiger charge is -2.32. The molecule has 11 aromatic rings. The van der Waals surface area contributed by atoms with E-state index in [1.165, 1.54) is 77.9 Å². The van der Waals surface area contributed by atoms with E-state index in [1.54, 1.807) is 0 Å². The summed E-state index contributed by atoms with van der Waals surface area (Å²) in [5, 5.41) is 2.19. The monoisotopic (exact) mass is 841 g/mol. The minimum atomic E-state index is -0.538. The fraction of sp³-hybridized carbons (Fsp3) is 0.0625. The first-order chi connectivity index (χ1) is 32.5. The summed E-state index contributed by atoms with van der Waals surface area (Å²) in [6, 6.07) is 82.9. The smallest absolute Gasteiger partial charge is 0.159 e. The van der Waals surface area contributed by atoms with Crippen LogP contribution in [0.15, 0.2) is 229 Å². The van der Waals surface area contributed by atoms with Gasteiger partial charge in [0.05, 0.1) is 11.1 Å². The molecule has 0 bridgehead atoms. The van der Waals surface area contributed by atoms with Gasteiger partial charge in [-0.1, -0.05) is 208 Å². The van der Waals surface area contributed by atoms with Gasteiger partial charge in [0.1, 0.15) is 5.58 Å². The zero-order chi connectivity index (χ0) is 43.7. The standard InChI is InChI=1S/C64H43NO/c1-63(2)52-27-12-10-22-50(52)59-55(63)37-38-56-60(59)51-23-11-14-29-54(51)64(56)53-28-13-9-21-46(53)47-36-35-44(39-57(47)64)65(43-33-31-41(32-34-43)40-17-5-3-6-18-40)58-30-16-26-49-48-25-15-24-45(61(48)66-62(49)58)42-19-7-4-8-20-42/h3-39H,1-2H3. The molecule has 2 heteroatoms. The fourth-order valence-electron chi connectivity index (χ4n) is 12.2. The SMILES string of the molecule is CC1(C)c2ccccc2-c2c1ccc1c2-c2ccccc2C12c1ccccc1-c1ccc(N(c3ccc(-c4ccccc4)cc3)c3cccc4c3oc3c(-c5ccccc5)cccc34)cc12. The van der Waals surface area contributed by atoms with Crippen molar-refractivity contribution >= 4 is 39.0 Å². The Bertz CT molecular complexity index is 3780. The number of hydrogen-bond donors (Lipinski definition) is 0. The second kappa shape index (κ2) is 13.7. The fourth-order valence-corrected chi connectivity index (χ4v) is 12.2. The van der Waals surface area contributed by atoms with Crippen LogP contribution in [0, 0.1) is 0 Å².